The van der Waals surface area contributed by atoms with E-state index in [0.29, 0.717) is 12.3 Å². The molecule has 1 rings (SSSR count). The maximum atomic E-state index is 12.0. The Labute approximate surface area is 209 Å². The molecule has 10 heteroatoms. The van der Waals surface area contributed by atoms with Crippen LogP contribution in [0.25, 0.3) is 6.08 Å². The number of rotatable bonds is 11. The molecule has 0 saturated carbocycles. The fourth-order valence-electron chi connectivity index (χ4n) is 2.79. The van der Waals surface area contributed by atoms with Gasteiger partial charge in [0.05, 0.1) is 12.5 Å². The summed E-state index contributed by atoms with van der Waals surface area (Å²) in [5, 5.41) is 21.4. The zero-order valence-corrected chi connectivity index (χ0v) is 23.0. The first-order valence-electron chi connectivity index (χ1n) is 11.6. The first-order chi connectivity index (χ1) is 15.9. The topological polar surface area (TPSA) is 135 Å². The van der Waals surface area contributed by atoms with Gasteiger partial charge in [0, 0.05) is 18.3 Å². The van der Waals surface area contributed by atoms with Gasteiger partial charge >= 0.3 is 18.0 Å². The van der Waals surface area contributed by atoms with Gasteiger partial charge in [-0.1, -0.05) is 39.0 Å². The number of hydrogen-bond donors (Lipinski definition) is 3. The monoisotopic (exact) mass is 508 g/mol. The second-order valence-corrected chi connectivity index (χ2v) is 15.9. The van der Waals surface area contributed by atoms with Gasteiger partial charge in [-0.3, -0.25) is 9.78 Å². The van der Waals surface area contributed by atoms with Crippen molar-refractivity contribution in [1.82, 2.24) is 10.3 Å². The molecule has 0 aliphatic rings. The number of nitrogens with one attached hydrogen (secondary N) is 1. The molecule has 0 fully saturated rings. The Morgan fingerprint density at radius 1 is 1.09 bits per heavy atom. The summed E-state index contributed by atoms with van der Waals surface area (Å²) in [6.45, 7) is 16.4. The highest BCUT2D eigenvalue weighted by molar-refractivity contribution is 6.74. The Balaban J connectivity index is 2.77. The van der Waals surface area contributed by atoms with Gasteiger partial charge < -0.3 is 24.7 Å². The van der Waals surface area contributed by atoms with Crippen molar-refractivity contribution in [3.05, 3.63) is 35.7 Å². The molecule has 0 aliphatic heterocycles. The first kappa shape index (κ1) is 30.3. The largest absolute Gasteiger partial charge is 0.481 e. The third-order valence-corrected chi connectivity index (χ3v) is 10.3. The Hall–Kier alpha value is -2.72. The lowest BCUT2D eigenvalue weighted by Gasteiger charge is -2.35. The summed E-state index contributed by atoms with van der Waals surface area (Å²) in [4.78, 5) is 39.7. The smallest absolute Gasteiger partial charge is 0.408 e. The zero-order chi connectivity index (χ0) is 27.0. The number of carbonyl (C=O) groups excluding carboxylic acids is 1. The van der Waals surface area contributed by atoms with Crippen molar-refractivity contribution in [2.45, 2.75) is 84.2 Å². The number of aliphatic carboxylic acids is 2. The fraction of sp³-hybridized carbons (Fsp3) is 0.600. The van der Waals surface area contributed by atoms with Crippen LogP contribution in [0.3, 0.4) is 0 Å². The van der Waals surface area contributed by atoms with Gasteiger partial charge in [0.2, 0.25) is 0 Å². The molecule has 0 unspecified atom stereocenters. The van der Waals surface area contributed by atoms with Gasteiger partial charge in [0.15, 0.2) is 8.32 Å². The molecule has 0 radical (unpaired) electrons. The van der Waals surface area contributed by atoms with E-state index in [1.807, 2.05) is 18.2 Å². The van der Waals surface area contributed by atoms with Crippen molar-refractivity contribution in [3.8, 4) is 0 Å². The van der Waals surface area contributed by atoms with Crippen LogP contribution in [-0.2, 0) is 25.2 Å². The quantitative estimate of drug-likeness (QED) is 0.365. The number of ether oxygens (including phenoxy) is 1. The van der Waals surface area contributed by atoms with Crippen molar-refractivity contribution < 1.29 is 33.8 Å². The number of carboxylic acid groups (broad SMARTS) is 2. The van der Waals surface area contributed by atoms with E-state index < -0.39 is 43.9 Å². The lowest BCUT2D eigenvalue weighted by molar-refractivity contribution is -0.144. The number of alkyl carbamates (subject to hydrolysis) is 1. The lowest BCUT2D eigenvalue weighted by atomic mass is 9.94. The zero-order valence-electron chi connectivity index (χ0n) is 22.0. The molecule has 196 valence electrons. The van der Waals surface area contributed by atoms with E-state index >= 15 is 0 Å². The second kappa shape index (κ2) is 12.3. The number of pyridine rings is 1. The molecule has 0 spiro atoms. The Kier molecular flexibility index (Phi) is 10.7. The van der Waals surface area contributed by atoms with E-state index in [9.17, 15) is 24.6 Å². The lowest BCUT2D eigenvalue weighted by Crippen LogP contribution is -2.45. The van der Waals surface area contributed by atoms with E-state index in [0.717, 1.165) is 5.56 Å². The third kappa shape index (κ3) is 11.0. The molecule has 1 heterocycles. The standard InChI is InChI=1S/C25H40N2O7Si/c1-24(2,3)34-23(32)27-20(22(30)31)15-18(21(28)29)14-19-12-11-17(16-26-19)10-9-13-33-35(7,8)25(4,5)6/h9-12,16,18,20H,13-15H2,1-8H3,(H,27,32)(H,28,29)(H,30,31)/b10-9+/t18-,20-/m0/s1. The highest BCUT2D eigenvalue weighted by Gasteiger charge is 2.36. The highest BCUT2D eigenvalue weighted by Crippen LogP contribution is 2.36. The number of hydrogen-bond acceptors (Lipinski definition) is 6. The number of carbonyl (C=O) groups is 3. The van der Waals surface area contributed by atoms with Crippen LogP contribution in [0.1, 0.15) is 59.2 Å². The Morgan fingerprint density at radius 3 is 2.17 bits per heavy atom. The molecule has 1 amide bonds. The number of amides is 1. The van der Waals surface area contributed by atoms with Crippen LogP contribution in [0.5, 0.6) is 0 Å². The van der Waals surface area contributed by atoms with Crippen molar-refractivity contribution in [3.63, 3.8) is 0 Å². The predicted molar refractivity (Wildman–Crippen MR) is 137 cm³/mol. The summed E-state index contributed by atoms with van der Waals surface area (Å²) in [6, 6.07) is 2.12. The molecule has 35 heavy (non-hydrogen) atoms. The molecule has 3 N–H and O–H groups in total. The molecule has 0 aliphatic carbocycles. The van der Waals surface area contributed by atoms with E-state index in [4.69, 9.17) is 9.16 Å². The summed E-state index contributed by atoms with van der Waals surface area (Å²) in [5.41, 5.74) is 0.541. The van der Waals surface area contributed by atoms with Crippen LogP contribution >= 0.6 is 0 Å². The van der Waals surface area contributed by atoms with Crippen LogP contribution in [0.4, 0.5) is 4.79 Å². The highest BCUT2D eigenvalue weighted by atomic mass is 28.4. The van der Waals surface area contributed by atoms with Gasteiger partial charge in [-0.05, 0) is 57.0 Å². The molecule has 9 nitrogen and oxygen atoms in total. The van der Waals surface area contributed by atoms with Crippen molar-refractivity contribution in [1.29, 1.82) is 0 Å². The number of carboxylic acids is 2. The summed E-state index contributed by atoms with van der Waals surface area (Å²) in [5.74, 6) is -3.57. The van der Waals surface area contributed by atoms with Crippen molar-refractivity contribution in [2.75, 3.05) is 6.61 Å². The van der Waals surface area contributed by atoms with E-state index in [1.165, 1.54) is 0 Å². The summed E-state index contributed by atoms with van der Waals surface area (Å²) < 4.78 is 11.2. The molecule has 0 bridgehead atoms. The average molecular weight is 509 g/mol. The maximum absolute atomic E-state index is 12.0. The van der Waals surface area contributed by atoms with Crippen LogP contribution in [0, 0.1) is 5.92 Å². The molecular formula is C25H40N2O7Si. The fourth-order valence-corrected chi connectivity index (χ4v) is 3.74. The average Bonchev–Trinajstić information content (AvgIpc) is 2.68. The Bertz CT molecular complexity index is 900. The molecule has 1 aromatic rings. The normalized spacial score (nSPS) is 14.4. The van der Waals surface area contributed by atoms with Crippen LogP contribution < -0.4 is 5.32 Å². The summed E-state index contributed by atoms with van der Waals surface area (Å²) in [7, 11) is -1.82. The molecular weight excluding hydrogens is 468 g/mol. The number of aromatic nitrogens is 1. The predicted octanol–water partition coefficient (Wildman–Crippen LogP) is 4.73. The minimum atomic E-state index is -1.82. The second-order valence-electron chi connectivity index (χ2n) is 11.1. The molecule has 1 aromatic heterocycles. The first-order valence-corrected chi connectivity index (χ1v) is 14.5. The maximum Gasteiger partial charge on any atom is 0.408 e. The van der Waals surface area contributed by atoms with Gasteiger partial charge in [0.1, 0.15) is 11.6 Å². The van der Waals surface area contributed by atoms with Crippen LogP contribution in [0.15, 0.2) is 24.4 Å². The van der Waals surface area contributed by atoms with Gasteiger partial charge in [-0.2, -0.15) is 0 Å². The Morgan fingerprint density at radius 2 is 1.71 bits per heavy atom. The minimum Gasteiger partial charge on any atom is -0.481 e. The SMILES string of the molecule is CC(C)(C)OC(=O)N[C@@H](C[C@H](Cc1ccc(/C=C/CO[Si](C)(C)C(C)(C)C)cn1)C(=O)O)C(=O)O. The number of nitrogens with zero attached hydrogens (tertiary/aromatic N) is 1. The van der Waals surface area contributed by atoms with Gasteiger partial charge in [0.25, 0.3) is 0 Å². The molecule has 0 saturated heterocycles. The van der Waals surface area contributed by atoms with Crippen LogP contribution in [-0.4, -0.2) is 59.8 Å². The van der Waals surface area contributed by atoms with Gasteiger partial charge in [-0.25, -0.2) is 9.59 Å². The molecule has 0 aromatic carbocycles. The van der Waals surface area contributed by atoms with E-state index in [-0.39, 0.29) is 17.9 Å². The summed E-state index contributed by atoms with van der Waals surface area (Å²) in [6.07, 6.45) is 4.25. The van der Waals surface area contributed by atoms with E-state index in [1.54, 1.807) is 33.0 Å². The van der Waals surface area contributed by atoms with E-state index in [2.05, 4.69) is 44.2 Å². The molecule has 2 atom stereocenters. The third-order valence-electron chi connectivity index (χ3n) is 5.82. The van der Waals surface area contributed by atoms with Crippen LogP contribution in [0.2, 0.25) is 18.1 Å². The minimum absolute atomic E-state index is 0.0214. The van der Waals surface area contributed by atoms with Gasteiger partial charge in [-0.15, -0.1) is 0 Å². The van der Waals surface area contributed by atoms with Crippen molar-refractivity contribution >= 4 is 32.4 Å². The summed E-state index contributed by atoms with van der Waals surface area (Å²) >= 11 is 0. The van der Waals surface area contributed by atoms with Crippen molar-refractivity contribution in [2.24, 2.45) is 5.92 Å².